The predicted octanol–water partition coefficient (Wildman–Crippen LogP) is 0.377. The summed E-state index contributed by atoms with van der Waals surface area (Å²) in [5.41, 5.74) is -1.03. The van der Waals surface area contributed by atoms with E-state index in [9.17, 15) is 4.39 Å². The summed E-state index contributed by atoms with van der Waals surface area (Å²) in [6, 6.07) is 0. The molecular weight excluding hydrogens is 181 g/mol. The third-order valence-electron chi connectivity index (χ3n) is 3.15. The van der Waals surface area contributed by atoms with Gasteiger partial charge >= 0.3 is 0 Å². The van der Waals surface area contributed by atoms with E-state index in [2.05, 4.69) is 16.0 Å². The molecule has 0 radical (unpaired) electrons. The summed E-state index contributed by atoms with van der Waals surface area (Å²) < 4.78 is 14.1. The summed E-state index contributed by atoms with van der Waals surface area (Å²) >= 11 is 0. The van der Waals surface area contributed by atoms with Crippen molar-refractivity contribution in [2.45, 2.75) is 37.5 Å². The van der Waals surface area contributed by atoms with Crippen molar-refractivity contribution < 1.29 is 4.39 Å². The zero-order valence-electron chi connectivity index (χ0n) is 8.61. The molecule has 0 aromatic rings. The van der Waals surface area contributed by atoms with Gasteiger partial charge in [0, 0.05) is 13.1 Å². The number of piperidine rings is 1. The Bertz CT molecular complexity index is 174. The van der Waals surface area contributed by atoms with Crippen molar-refractivity contribution in [1.82, 2.24) is 16.0 Å². The third kappa shape index (κ3) is 2.65. The Morgan fingerprint density at radius 2 is 2.29 bits per heavy atom. The van der Waals surface area contributed by atoms with Crippen molar-refractivity contribution in [2.75, 3.05) is 26.2 Å². The number of alkyl halides is 1. The van der Waals surface area contributed by atoms with Gasteiger partial charge in [-0.2, -0.15) is 0 Å². The average molecular weight is 201 g/mol. The Morgan fingerprint density at radius 1 is 1.36 bits per heavy atom. The Labute approximate surface area is 84.8 Å². The van der Waals surface area contributed by atoms with Crippen LogP contribution in [0.15, 0.2) is 0 Å². The van der Waals surface area contributed by atoms with Gasteiger partial charge in [0.25, 0.3) is 0 Å². The third-order valence-corrected chi connectivity index (χ3v) is 3.15. The van der Waals surface area contributed by atoms with Crippen LogP contribution in [0.2, 0.25) is 0 Å². The second-order valence-electron chi connectivity index (χ2n) is 4.46. The van der Waals surface area contributed by atoms with Gasteiger partial charge in [0.2, 0.25) is 0 Å². The molecule has 0 saturated carbocycles. The number of rotatable bonds is 3. The molecule has 4 heteroatoms. The van der Waals surface area contributed by atoms with Crippen LogP contribution in [0.3, 0.4) is 0 Å². The maximum atomic E-state index is 14.1. The van der Waals surface area contributed by atoms with Gasteiger partial charge in [0.05, 0.1) is 6.17 Å². The Morgan fingerprint density at radius 3 is 2.93 bits per heavy atom. The number of hydrogen-bond acceptors (Lipinski definition) is 3. The average Bonchev–Trinajstić information content (AvgIpc) is 2.69. The SMILES string of the molecule is FC1(CNC2CCCN2)CCCNC1. The van der Waals surface area contributed by atoms with E-state index in [0.29, 0.717) is 25.7 Å². The summed E-state index contributed by atoms with van der Waals surface area (Å²) in [5, 5.41) is 9.70. The lowest BCUT2D eigenvalue weighted by Gasteiger charge is -2.31. The van der Waals surface area contributed by atoms with Crippen molar-refractivity contribution in [3.05, 3.63) is 0 Å². The number of hydrogen-bond donors (Lipinski definition) is 3. The summed E-state index contributed by atoms with van der Waals surface area (Å²) in [5.74, 6) is 0. The maximum Gasteiger partial charge on any atom is 0.135 e. The molecular formula is C10H20FN3. The Kier molecular flexibility index (Phi) is 3.36. The van der Waals surface area contributed by atoms with Crippen molar-refractivity contribution in [2.24, 2.45) is 0 Å². The van der Waals surface area contributed by atoms with Gasteiger partial charge < -0.3 is 10.6 Å². The molecule has 2 aliphatic heterocycles. The van der Waals surface area contributed by atoms with Crippen LogP contribution in [-0.2, 0) is 0 Å². The highest BCUT2D eigenvalue weighted by Gasteiger charge is 2.32. The van der Waals surface area contributed by atoms with Crippen molar-refractivity contribution >= 4 is 0 Å². The Hall–Kier alpha value is -0.190. The van der Waals surface area contributed by atoms with Crippen LogP contribution in [0.4, 0.5) is 4.39 Å². The van der Waals surface area contributed by atoms with Crippen LogP contribution >= 0.6 is 0 Å². The molecule has 0 bridgehead atoms. The summed E-state index contributed by atoms with van der Waals surface area (Å²) in [4.78, 5) is 0. The largest absolute Gasteiger partial charge is 0.313 e. The van der Waals surface area contributed by atoms with Crippen LogP contribution in [0, 0.1) is 0 Å². The fourth-order valence-electron chi connectivity index (χ4n) is 2.25. The monoisotopic (exact) mass is 201 g/mol. The first-order valence-electron chi connectivity index (χ1n) is 5.65. The second kappa shape index (κ2) is 4.55. The first-order chi connectivity index (χ1) is 6.79. The van der Waals surface area contributed by atoms with Crippen LogP contribution in [0.5, 0.6) is 0 Å². The zero-order valence-corrected chi connectivity index (χ0v) is 8.61. The molecule has 2 fully saturated rings. The lowest BCUT2D eigenvalue weighted by Crippen LogP contribution is -2.52. The summed E-state index contributed by atoms with van der Waals surface area (Å²) in [6.45, 7) is 3.02. The van der Waals surface area contributed by atoms with E-state index >= 15 is 0 Å². The van der Waals surface area contributed by atoms with E-state index in [1.54, 1.807) is 0 Å². The van der Waals surface area contributed by atoms with Gasteiger partial charge in [-0.05, 0) is 38.8 Å². The molecule has 0 aromatic heterocycles. The maximum absolute atomic E-state index is 14.1. The molecule has 2 saturated heterocycles. The molecule has 14 heavy (non-hydrogen) atoms. The summed E-state index contributed by atoms with van der Waals surface area (Å²) in [6.07, 6.45) is 4.32. The van der Waals surface area contributed by atoms with Crippen LogP contribution in [0.25, 0.3) is 0 Å². The molecule has 2 unspecified atom stereocenters. The Balaban J connectivity index is 1.72. The molecule has 0 aromatic carbocycles. The molecule has 0 aliphatic carbocycles. The fraction of sp³-hybridized carbons (Fsp3) is 1.00. The molecule has 3 nitrogen and oxygen atoms in total. The van der Waals surface area contributed by atoms with Gasteiger partial charge in [-0.25, -0.2) is 4.39 Å². The highest BCUT2D eigenvalue weighted by atomic mass is 19.1. The lowest BCUT2D eigenvalue weighted by molar-refractivity contribution is 0.115. The quantitative estimate of drug-likeness (QED) is 0.618. The molecule has 2 aliphatic rings. The minimum Gasteiger partial charge on any atom is -0.313 e. The van der Waals surface area contributed by atoms with Gasteiger partial charge in [0.15, 0.2) is 0 Å². The normalized spacial score (nSPS) is 38.8. The summed E-state index contributed by atoms with van der Waals surface area (Å²) in [7, 11) is 0. The van der Waals surface area contributed by atoms with E-state index in [0.717, 1.165) is 25.9 Å². The molecule has 2 atom stereocenters. The van der Waals surface area contributed by atoms with Crippen molar-refractivity contribution in [1.29, 1.82) is 0 Å². The molecule has 0 spiro atoms. The first kappa shape index (κ1) is 10.3. The molecule has 3 N–H and O–H groups in total. The topological polar surface area (TPSA) is 36.1 Å². The highest BCUT2D eigenvalue weighted by Crippen LogP contribution is 2.20. The van der Waals surface area contributed by atoms with Gasteiger partial charge in [-0.1, -0.05) is 0 Å². The highest BCUT2D eigenvalue weighted by molar-refractivity contribution is 4.89. The minimum absolute atomic E-state index is 0.338. The first-order valence-corrected chi connectivity index (χ1v) is 5.65. The number of nitrogens with one attached hydrogen (secondary N) is 3. The smallest absolute Gasteiger partial charge is 0.135 e. The van der Waals surface area contributed by atoms with Crippen LogP contribution < -0.4 is 16.0 Å². The standard InChI is InChI=1S/C10H20FN3/c11-10(4-2-5-12-7-10)8-14-9-3-1-6-13-9/h9,12-14H,1-8H2. The van der Waals surface area contributed by atoms with E-state index in [1.807, 2.05) is 0 Å². The van der Waals surface area contributed by atoms with Crippen LogP contribution in [-0.4, -0.2) is 38.0 Å². The van der Waals surface area contributed by atoms with Crippen LogP contribution in [0.1, 0.15) is 25.7 Å². The van der Waals surface area contributed by atoms with Crippen molar-refractivity contribution in [3.8, 4) is 0 Å². The number of halogens is 1. The van der Waals surface area contributed by atoms with E-state index in [4.69, 9.17) is 0 Å². The molecule has 82 valence electrons. The van der Waals surface area contributed by atoms with E-state index in [1.165, 1.54) is 6.42 Å². The minimum atomic E-state index is -1.03. The molecule has 2 heterocycles. The van der Waals surface area contributed by atoms with Crippen molar-refractivity contribution in [3.63, 3.8) is 0 Å². The van der Waals surface area contributed by atoms with Gasteiger partial charge in [-0.15, -0.1) is 0 Å². The zero-order chi connectivity index (χ0) is 9.86. The van der Waals surface area contributed by atoms with Gasteiger partial charge in [0.1, 0.15) is 5.67 Å². The van der Waals surface area contributed by atoms with E-state index < -0.39 is 5.67 Å². The van der Waals surface area contributed by atoms with E-state index in [-0.39, 0.29) is 0 Å². The second-order valence-corrected chi connectivity index (χ2v) is 4.46. The fourth-order valence-corrected chi connectivity index (χ4v) is 2.25. The van der Waals surface area contributed by atoms with Gasteiger partial charge in [-0.3, -0.25) is 5.32 Å². The lowest BCUT2D eigenvalue weighted by atomic mass is 9.96. The predicted molar refractivity (Wildman–Crippen MR) is 55.0 cm³/mol. The molecule has 0 amide bonds. The molecule has 2 rings (SSSR count).